The van der Waals surface area contributed by atoms with Gasteiger partial charge < -0.3 is 14.9 Å². The van der Waals surface area contributed by atoms with E-state index in [1.807, 2.05) is 6.07 Å². The topological polar surface area (TPSA) is 150 Å². The molecule has 0 saturated heterocycles. The van der Waals surface area contributed by atoms with Crippen LogP contribution in [0.25, 0.3) is 22.0 Å². The second-order valence-corrected chi connectivity index (χ2v) is 9.19. The highest BCUT2D eigenvalue weighted by Gasteiger charge is 2.20. The molecule has 0 aliphatic carbocycles. The fraction of sp³-hybridized carbons (Fsp3) is 0.0435. The van der Waals surface area contributed by atoms with Gasteiger partial charge in [-0.1, -0.05) is 23.4 Å². The Kier molecular flexibility index (Phi) is 5.41. The molecule has 33 heavy (non-hydrogen) atoms. The summed E-state index contributed by atoms with van der Waals surface area (Å²) in [5.74, 6) is -2.14. The maximum Gasteiger partial charge on any atom is 0.337 e. The minimum Gasteiger partial charge on any atom is -0.478 e. The van der Waals surface area contributed by atoms with Crippen molar-refractivity contribution < 1.29 is 27.6 Å². The number of carbonyl (C=O) groups excluding carboxylic acids is 1. The molecule has 0 saturated carbocycles. The standard InChI is InChI=1S/C23H15N3O6S/c1-33(30,31)16-6-3-14(4-7-16)15-5-9-20-17(11-15)21(32-26-20)22(27)25-19-8-2-13(12-24)10-18(19)23(28)29/h2-11H,1H3,(H,25,27)(H,28,29). The van der Waals surface area contributed by atoms with Crippen molar-refractivity contribution in [2.75, 3.05) is 11.6 Å². The molecule has 2 N–H and O–H groups in total. The lowest BCUT2D eigenvalue weighted by Crippen LogP contribution is -2.14. The number of carboxylic acids is 1. The van der Waals surface area contributed by atoms with E-state index in [1.165, 1.54) is 24.3 Å². The Morgan fingerprint density at radius 2 is 1.73 bits per heavy atom. The molecule has 1 amide bonds. The quantitative estimate of drug-likeness (QED) is 0.456. The Morgan fingerprint density at radius 3 is 2.36 bits per heavy atom. The van der Waals surface area contributed by atoms with Crippen molar-refractivity contribution in [3.05, 3.63) is 77.6 Å². The third kappa shape index (κ3) is 4.30. The zero-order valence-corrected chi connectivity index (χ0v) is 17.9. The summed E-state index contributed by atoms with van der Waals surface area (Å²) < 4.78 is 28.6. The smallest absolute Gasteiger partial charge is 0.337 e. The van der Waals surface area contributed by atoms with E-state index in [1.54, 1.807) is 30.3 Å². The minimum absolute atomic E-state index is 0.00330. The molecule has 0 unspecified atom stereocenters. The van der Waals surface area contributed by atoms with Crippen molar-refractivity contribution in [3.8, 4) is 17.2 Å². The number of aromatic carboxylic acids is 1. The first-order chi connectivity index (χ1) is 15.7. The number of hydrogen-bond donors (Lipinski definition) is 2. The first kappa shape index (κ1) is 21.7. The number of aromatic nitrogens is 1. The third-order valence-electron chi connectivity index (χ3n) is 4.93. The van der Waals surface area contributed by atoms with Crippen molar-refractivity contribution in [1.29, 1.82) is 5.26 Å². The van der Waals surface area contributed by atoms with E-state index in [0.717, 1.165) is 17.9 Å². The van der Waals surface area contributed by atoms with Crippen LogP contribution in [0.1, 0.15) is 26.5 Å². The lowest BCUT2D eigenvalue weighted by molar-refractivity contribution is 0.0698. The van der Waals surface area contributed by atoms with Crippen LogP contribution in [0.4, 0.5) is 5.69 Å². The molecule has 1 aromatic heterocycles. The zero-order chi connectivity index (χ0) is 23.8. The number of nitrogens with zero attached hydrogens (tertiary/aromatic N) is 2. The molecule has 0 fully saturated rings. The van der Waals surface area contributed by atoms with Gasteiger partial charge in [-0.15, -0.1) is 0 Å². The molecular formula is C23H15N3O6S. The average Bonchev–Trinajstić information content (AvgIpc) is 3.22. The van der Waals surface area contributed by atoms with Crippen molar-refractivity contribution in [1.82, 2.24) is 5.16 Å². The van der Waals surface area contributed by atoms with E-state index >= 15 is 0 Å². The van der Waals surface area contributed by atoms with Gasteiger partial charge in [0, 0.05) is 6.26 Å². The number of amides is 1. The van der Waals surface area contributed by atoms with Crippen LogP contribution in [0.2, 0.25) is 0 Å². The van der Waals surface area contributed by atoms with E-state index in [0.29, 0.717) is 16.5 Å². The largest absolute Gasteiger partial charge is 0.478 e. The molecule has 0 bridgehead atoms. The summed E-state index contributed by atoms with van der Waals surface area (Å²) in [6, 6.07) is 17.1. The SMILES string of the molecule is CS(=O)(=O)c1ccc(-c2ccc3noc(C(=O)Nc4ccc(C#N)cc4C(=O)O)c3c2)cc1. The van der Waals surface area contributed by atoms with Gasteiger partial charge in [0.25, 0.3) is 5.91 Å². The average molecular weight is 461 g/mol. The number of sulfone groups is 1. The predicted molar refractivity (Wildman–Crippen MR) is 119 cm³/mol. The zero-order valence-electron chi connectivity index (χ0n) is 17.1. The van der Waals surface area contributed by atoms with Crippen molar-refractivity contribution >= 4 is 38.3 Å². The summed E-state index contributed by atoms with van der Waals surface area (Å²) in [5.41, 5.74) is 1.74. The van der Waals surface area contributed by atoms with Gasteiger partial charge >= 0.3 is 5.97 Å². The Morgan fingerprint density at radius 1 is 1.03 bits per heavy atom. The number of nitriles is 1. The summed E-state index contributed by atoms with van der Waals surface area (Å²) in [4.78, 5) is 24.6. The number of anilines is 1. The van der Waals surface area contributed by atoms with Crippen LogP contribution < -0.4 is 5.32 Å². The van der Waals surface area contributed by atoms with Gasteiger partial charge in [-0.05, 0) is 53.6 Å². The Labute approximate surface area is 187 Å². The van der Waals surface area contributed by atoms with Crippen molar-refractivity contribution in [3.63, 3.8) is 0 Å². The van der Waals surface area contributed by atoms with Crippen LogP contribution >= 0.6 is 0 Å². The number of benzene rings is 3. The van der Waals surface area contributed by atoms with Crippen LogP contribution in [0, 0.1) is 11.3 Å². The lowest BCUT2D eigenvalue weighted by atomic mass is 10.0. The lowest BCUT2D eigenvalue weighted by Gasteiger charge is -2.08. The summed E-state index contributed by atoms with van der Waals surface area (Å²) in [5, 5.41) is 25.1. The Bertz CT molecular complexity index is 1560. The van der Waals surface area contributed by atoms with E-state index < -0.39 is 21.7 Å². The number of carboxylic acid groups (broad SMARTS) is 1. The summed E-state index contributed by atoms with van der Waals surface area (Å²) in [7, 11) is -3.33. The predicted octanol–water partition coefficient (Wildman–Crippen LogP) is 3.72. The van der Waals surface area contributed by atoms with E-state index in [-0.39, 0.29) is 27.5 Å². The molecule has 1 heterocycles. The maximum atomic E-state index is 12.9. The summed E-state index contributed by atoms with van der Waals surface area (Å²) >= 11 is 0. The Hall–Kier alpha value is -4.49. The molecule has 0 spiro atoms. The highest BCUT2D eigenvalue weighted by molar-refractivity contribution is 7.90. The molecule has 9 nitrogen and oxygen atoms in total. The van der Waals surface area contributed by atoms with Gasteiger partial charge in [0.2, 0.25) is 5.76 Å². The number of rotatable bonds is 5. The van der Waals surface area contributed by atoms with Gasteiger partial charge in [-0.2, -0.15) is 5.26 Å². The van der Waals surface area contributed by atoms with Gasteiger partial charge in [-0.3, -0.25) is 4.79 Å². The molecular weight excluding hydrogens is 446 g/mol. The first-order valence-corrected chi connectivity index (χ1v) is 11.4. The number of nitrogens with one attached hydrogen (secondary N) is 1. The summed E-state index contributed by atoms with van der Waals surface area (Å²) in [6.45, 7) is 0. The van der Waals surface area contributed by atoms with E-state index in [9.17, 15) is 23.1 Å². The fourth-order valence-corrected chi connectivity index (χ4v) is 3.89. The normalized spacial score (nSPS) is 11.2. The van der Waals surface area contributed by atoms with Crippen LogP contribution in [-0.2, 0) is 9.84 Å². The van der Waals surface area contributed by atoms with Gasteiger partial charge in [0.05, 0.1) is 33.2 Å². The Balaban J connectivity index is 1.69. The molecule has 4 aromatic rings. The monoisotopic (exact) mass is 461 g/mol. The number of carbonyl (C=O) groups is 2. The molecule has 164 valence electrons. The second kappa shape index (κ2) is 8.22. The third-order valence-corrected chi connectivity index (χ3v) is 6.05. The van der Waals surface area contributed by atoms with Gasteiger partial charge in [0.15, 0.2) is 9.84 Å². The molecule has 3 aromatic carbocycles. The highest BCUT2D eigenvalue weighted by atomic mass is 32.2. The minimum atomic E-state index is -3.33. The van der Waals surface area contributed by atoms with Crippen LogP contribution in [0.3, 0.4) is 0 Å². The second-order valence-electron chi connectivity index (χ2n) is 7.17. The molecule has 0 radical (unpaired) electrons. The maximum absolute atomic E-state index is 12.9. The number of fused-ring (bicyclic) bond motifs is 1. The van der Waals surface area contributed by atoms with Crippen LogP contribution in [-0.4, -0.2) is 36.8 Å². The van der Waals surface area contributed by atoms with Gasteiger partial charge in [-0.25, -0.2) is 13.2 Å². The highest BCUT2D eigenvalue weighted by Crippen LogP contribution is 2.28. The van der Waals surface area contributed by atoms with Crippen LogP contribution in [0.15, 0.2) is 70.1 Å². The summed E-state index contributed by atoms with van der Waals surface area (Å²) in [6.07, 6.45) is 1.12. The molecule has 0 aliphatic rings. The molecule has 0 atom stereocenters. The first-order valence-electron chi connectivity index (χ1n) is 9.46. The van der Waals surface area contributed by atoms with Crippen LogP contribution in [0.5, 0.6) is 0 Å². The van der Waals surface area contributed by atoms with E-state index in [4.69, 9.17) is 9.78 Å². The van der Waals surface area contributed by atoms with Gasteiger partial charge in [0.1, 0.15) is 5.52 Å². The van der Waals surface area contributed by atoms with Crippen molar-refractivity contribution in [2.24, 2.45) is 0 Å². The molecule has 0 aliphatic heterocycles. The van der Waals surface area contributed by atoms with Crippen molar-refractivity contribution in [2.45, 2.75) is 4.90 Å². The van der Waals surface area contributed by atoms with E-state index in [2.05, 4.69) is 10.5 Å². The number of hydrogen-bond acceptors (Lipinski definition) is 7. The molecule has 10 heteroatoms. The molecule has 4 rings (SSSR count). The fourth-order valence-electron chi connectivity index (χ4n) is 3.26.